The number of nitrogens with zero attached hydrogens (tertiary/aromatic N) is 3. The topological polar surface area (TPSA) is 64.3 Å². The molecule has 0 aliphatic rings. The van der Waals surface area contributed by atoms with Crippen LogP contribution in [-0.2, 0) is 24.4 Å². The van der Waals surface area contributed by atoms with Crippen molar-refractivity contribution in [1.82, 2.24) is 14.0 Å². The Kier molecular flexibility index (Phi) is 6.04. The van der Waals surface area contributed by atoms with Gasteiger partial charge in [-0.05, 0) is 43.0 Å². The van der Waals surface area contributed by atoms with Crippen molar-refractivity contribution >= 4 is 28.6 Å². The van der Waals surface area contributed by atoms with Gasteiger partial charge >= 0.3 is 5.69 Å². The van der Waals surface area contributed by atoms with E-state index in [2.05, 4.69) is 0 Å². The molecule has 7 heteroatoms. The summed E-state index contributed by atoms with van der Waals surface area (Å²) in [5.74, 6) is -0.192. The first kappa shape index (κ1) is 19.9. The second kappa shape index (κ2) is 8.48. The molecular weight excluding hydrogens is 374 g/mol. The summed E-state index contributed by atoms with van der Waals surface area (Å²) < 4.78 is 2.55. The molecule has 0 spiro atoms. The van der Waals surface area contributed by atoms with Crippen LogP contribution < -0.4 is 11.2 Å². The molecule has 2 aromatic carbocycles. The number of fused-ring (bicyclic) bond motifs is 1. The van der Waals surface area contributed by atoms with Gasteiger partial charge in [0.2, 0.25) is 5.91 Å². The number of rotatable bonds is 6. The summed E-state index contributed by atoms with van der Waals surface area (Å²) in [7, 11) is 1.72. The minimum Gasteiger partial charge on any atom is -0.340 e. The minimum atomic E-state index is -0.461. The summed E-state index contributed by atoms with van der Waals surface area (Å²) in [5, 5.41) is 0.437. The van der Waals surface area contributed by atoms with Gasteiger partial charge in [0.1, 0.15) is 6.54 Å². The molecule has 1 heterocycles. The maximum atomic E-state index is 12.8. The predicted octanol–water partition coefficient (Wildman–Crippen LogP) is 2.56. The van der Waals surface area contributed by atoms with Crippen LogP contribution in [0.3, 0.4) is 0 Å². The van der Waals surface area contributed by atoms with Crippen molar-refractivity contribution in [2.24, 2.45) is 0 Å². The number of hydrogen-bond donors (Lipinski definition) is 0. The number of carbonyl (C=O) groups excluding carboxylic acids is 1. The first-order valence-electron chi connectivity index (χ1n) is 9.05. The molecule has 0 unspecified atom stereocenters. The molecule has 6 nitrogen and oxygen atoms in total. The lowest BCUT2D eigenvalue weighted by Crippen LogP contribution is -2.42. The van der Waals surface area contributed by atoms with Gasteiger partial charge in [-0.3, -0.25) is 18.7 Å². The average Bonchev–Trinajstić information content (AvgIpc) is 2.72. The van der Waals surface area contributed by atoms with Gasteiger partial charge < -0.3 is 4.90 Å². The predicted molar refractivity (Wildman–Crippen MR) is 113 cm³/mol. The highest BCUT2D eigenvalue weighted by atomic mass is 32.2. The zero-order valence-corrected chi connectivity index (χ0v) is 17.0. The molecule has 0 aliphatic carbocycles. The molecule has 1 amide bonds. The van der Waals surface area contributed by atoms with Crippen molar-refractivity contribution in [3.05, 3.63) is 74.9 Å². The maximum Gasteiger partial charge on any atom is 0.331 e. The zero-order chi connectivity index (χ0) is 20.3. The van der Waals surface area contributed by atoms with Crippen molar-refractivity contribution in [2.45, 2.75) is 31.5 Å². The fraction of sp³-hybridized carbons (Fsp3) is 0.286. The number of benzene rings is 2. The number of likely N-dealkylation sites (N-methyl/N-ethyl adjacent to an activating group) is 1. The van der Waals surface area contributed by atoms with E-state index >= 15 is 0 Å². The summed E-state index contributed by atoms with van der Waals surface area (Å²) in [6, 6.07) is 14.9. The summed E-state index contributed by atoms with van der Waals surface area (Å²) in [6.45, 7) is 2.34. The van der Waals surface area contributed by atoms with E-state index in [1.165, 1.54) is 4.57 Å². The van der Waals surface area contributed by atoms with E-state index in [1.54, 1.807) is 54.9 Å². The van der Waals surface area contributed by atoms with Gasteiger partial charge in [-0.25, -0.2) is 4.79 Å². The van der Waals surface area contributed by atoms with E-state index in [0.29, 0.717) is 17.4 Å². The second-order valence-electron chi connectivity index (χ2n) is 6.53. The van der Waals surface area contributed by atoms with Gasteiger partial charge in [-0.2, -0.15) is 0 Å². The van der Waals surface area contributed by atoms with E-state index in [1.807, 2.05) is 30.5 Å². The molecule has 0 saturated heterocycles. The molecule has 3 aromatic rings. The number of carbonyl (C=O) groups is 1. The minimum absolute atomic E-state index is 0.112. The van der Waals surface area contributed by atoms with Crippen molar-refractivity contribution in [1.29, 1.82) is 0 Å². The molecule has 0 fully saturated rings. The fourth-order valence-electron chi connectivity index (χ4n) is 3.15. The maximum absolute atomic E-state index is 12.8. The summed E-state index contributed by atoms with van der Waals surface area (Å²) in [6.07, 6.45) is 2.02. The Morgan fingerprint density at radius 2 is 1.71 bits per heavy atom. The highest BCUT2D eigenvalue weighted by molar-refractivity contribution is 7.98. The van der Waals surface area contributed by atoms with E-state index < -0.39 is 5.69 Å². The molecule has 1 aromatic heterocycles. The van der Waals surface area contributed by atoms with Crippen LogP contribution in [-0.4, -0.2) is 33.2 Å². The van der Waals surface area contributed by atoms with Crippen LogP contribution in [0.5, 0.6) is 0 Å². The van der Waals surface area contributed by atoms with Gasteiger partial charge in [-0.1, -0.05) is 24.3 Å². The molecule has 3 rings (SSSR count). The number of thioether (sulfide) groups is 1. The summed E-state index contributed by atoms with van der Waals surface area (Å²) >= 11 is 1.67. The molecule has 0 aliphatic heterocycles. The van der Waals surface area contributed by atoms with Gasteiger partial charge in [0, 0.05) is 25.0 Å². The Bertz CT molecular complexity index is 1120. The number of para-hydroxylation sites is 1. The van der Waals surface area contributed by atoms with Gasteiger partial charge in [-0.15, -0.1) is 11.8 Å². The number of aromatic nitrogens is 2. The van der Waals surface area contributed by atoms with E-state index in [9.17, 15) is 14.4 Å². The van der Waals surface area contributed by atoms with Crippen molar-refractivity contribution in [2.75, 3.05) is 13.3 Å². The van der Waals surface area contributed by atoms with Crippen molar-refractivity contribution in [3.8, 4) is 0 Å². The average molecular weight is 398 g/mol. The third-order valence-corrected chi connectivity index (χ3v) is 5.49. The Balaban J connectivity index is 1.90. The molecule has 0 saturated carbocycles. The van der Waals surface area contributed by atoms with Crippen LogP contribution in [0.15, 0.2) is 63.0 Å². The highest BCUT2D eigenvalue weighted by Crippen LogP contribution is 2.16. The van der Waals surface area contributed by atoms with E-state index in [4.69, 9.17) is 0 Å². The van der Waals surface area contributed by atoms with Crippen LogP contribution in [0.4, 0.5) is 0 Å². The van der Waals surface area contributed by atoms with Gasteiger partial charge in [0.15, 0.2) is 0 Å². The van der Waals surface area contributed by atoms with Crippen molar-refractivity contribution < 1.29 is 4.79 Å². The molecular formula is C21H23N3O3S. The third kappa shape index (κ3) is 3.89. The van der Waals surface area contributed by atoms with E-state index in [-0.39, 0.29) is 24.6 Å². The van der Waals surface area contributed by atoms with Crippen molar-refractivity contribution in [3.63, 3.8) is 0 Å². The quantitative estimate of drug-likeness (QED) is 0.600. The first-order chi connectivity index (χ1) is 13.5. The highest BCUT2D eigenvalue weighted by Gasteiger charge is 2.16. The SMILES string of the molecule is CCn1c(=O)c2ccccc2n(CC(=O)N(C)Cc2ccc(SC)cc2)c1=O. The molecule has 146 valence electrons. The standard InChI is InChI=1S/C21H23N3O3S/c1-4-23-20(26)17-7-5-6-8-18(17)24(21(23)27)14-19(25)22(2)13-15-9-11-16(28-3)12-10-15/h5-12H,4,13-14H2,1-3H3. The fourth-order valence-corrected chi connectivity index (χ4v) is 3.56. The molecule has 0 atom stereocenters. The number of hydrogen-bond acceptors (Lipinski definition) is 4. The summed E-state index contributed by atoms with van der Waals surface area (Å²) in [5.41, 5.74) is 0.712. The second-order valence-corrected chi connectivity index (χ2v) is 7.41. The van der Waals surface area contributed by atoms with Gasteiger partial charge in [0.25, 0.3) is 5.56 Å². The van der Waals surface area contributed by atoms with Crippen LogP contribution in [0, 0.1) is 0 Å². The Morgan fingerprint density at radius 1 is 1.04 bits per heavy atom. The largest absolute Gasteiger partial charge is 0.340 e. The van der Waals surface area contributed by atoms with Gasteiger partial charge in [0.05, 0.1) is 10.9 Å². The molecule has 0 N–H and O–H groups in total. The molecule has 28 heavy (non-hydrogen) atoms. The molecule has 0 radical (unpaired) electrons. The Morgan fingerprint density at radius 3 is 2.36 bits per heavy atom. The molecule has 0 bridgehead atoms. The van der Waals surface area contributed by atoms with E-state index in [0.717, 1.165) is 15.0 Å². The Labute approximate surface area is 167 Å². The van der Waals surface area contributed by atoms with Crippen LogP contribution in [0.2, 0.25) is 0 Å². The lowest BCUT2D eigenvalue weighted by molar-refractivity contribution is -0.131. The normalized spacial score (nSPS) is 11.0. The summed E-state index contributed by atoms with van der Waals surface area (Å²) in [4.78, 5) is 40.8. The smallest absolute Gasteiger partial charge is 0.331 e. The lowest BCUT2D eigenvalue weighted by atomic mass is 10.2. The number of amides is 1. The first-order valence-corrected chi connectivity index (χ1v) is 10.3. The zero-order valence-electron chi connectivity index (χ0n) is 16.2. The monoisotopic (exact) mass is 397 g/mol. The van der Waals surface area contributed by atoms with Crippen LogP contribution >= 0.6 is 11.8 Å². The lowest BCUT2D eigenvalue weighted by Gasteiger charge is -2.19. The Hall–Kier alpha value is -2.80. The van der Waals surface area contributed by atoms with Crippen LogP contribution in [0.25, 0.3) is 10.9 Å². The third-order valence-electron chi connectivity index (χ3n) is 4.75. The van der Waals surface area contributed by atoms with Crippen LogP contribution in [0.1, 0.15) is 12.5 Å².